The van der Waals surface area contributed by atoms with Crippen LogP contribution in [-0.2, 0) is 33.3 Å². The normalized spacial score (nSPS) is 27.9. The number of carbonyl (C=O) groups is 3. The van der Waals surface area contributed by atoms with Crippen LogP contribution < -0.4 is 0 Å². The molecule has 0 N–H and O–H groups in total. The van der Waals surface area contributed by atoms with Crippen LogP contribution in [0.25, 0.3) is 0 Å². The molecule has 1 aliphatic heterocycles. The zero-order chi connectivity index (χ0) is 20.6. The Balaban J connectivity index is 3.24. The minimum absolute atomic E-state index is 0.0802. The average Bonchev–Trinajstić information content (AvgIpc) is 2.62. The zero-order valence-corrected chi connectivity index (χ0v) is 17.4. The van der Waals surface area contributed by atoms with Crippen molar-refractivity contribution in [1.29, 1.82) is 0 Å². The van der Waals surface area contributed by atoms with E-state index in [-0.39, 0.29) is 18.6 Å². The van der Waals surface area contributed by atoms with Crippen LogP contribution in [0.5, 0.6) is 0 Å². The number of carbonyl (C=O) groups excluding carboxylic acids is 3. The van der Waals surface area contributed by atoms with Gasteiger partial charge < -0.3 is 23.8 Å². The Hall–Kier alpha value is -1.81. The van der Waals surface area contributed by atoms with Gasteiger partial charge in [0.15, 0.2) is 17.4 Å². The molecular formula is C17H28N2O7S. The lowest BCUT2D eigenvalue weighted by Crippen LogP contribution is -2.48. The highest BCUT2D eigenvalue weighted by molar-refractivity contribution is 8.14. The Labute approximate surface area is 163 Å². The van der Waals surface area contributed by atoms with E-state index in [9.17, 15) is 14.4 Å². The van der Waals surface area contributed by atoms with Gasteiger partial charge in [-0.2, -0.15) is 0 Å². The van der Waals surface area contributed by atoms with Crippen molar-refractivity contribution in [2.75, 3.05) is 26.7 Å². The number of hydrogen-bond donors (Lipinski definition) is 0. The van der Waals surface area contributed by atoms with Gasteiger partial charge in [-0.05, 0) is 13.8 Å². The van der Waals surface area contributed by atoms with Gasteiger partial charge in [0.05, 0.1) is 6.54 Å². The Kier molecular flexibility index (Phi) is 9.57. The second-order valence-corrected chi connectivity index (χ2v) is 7.29. The van der Waals surface area contributed by atoms with Crippen LogP contribution in [0.4, 0.5) is 0 Å². The molecule has 154 valence electrons. The molecule has 0 saturated heterocycles. The van der Waals surface area contributed by atoms with E-state index < -0.39 is 36.2 Å². The summed E-state index contributed by atoms with van der Waals surface area (Å²) < 4.78 is 21.8. The molecule has 1 heterocycles. The van der Waals surface area contributed by atoms with Crippen LogP contribution in [0, 0.1) is 0 Å². The quantitative estimate of drug-likeness (QED) is 0.494. The molecule has 1 rings (SSSR count). The molecule has 9 nitrogen and oxygen atoms in total. The summed E-state index contributed by atoms with van der Waals surface area (Å²) in [5.41, 5.74) is -0.368. The van der Waals surface area contributed by atoms with Crippen molar-refractivity contribution in [3.05, 3.63) is 0 Å². The molecule has 0 aromatic heterocycles. The van der Waals surface area contributed by atoms with E-state index in [1.807, 2.05) is 25.8 Å². The second-order valence-electron chi connectivity index (χ2n) is 6.02. The van der Waals surface area contributed by atoms with Crippen LogP contribution in [0.1, 0.15) is 34.6 Å². The topological polar surface area (TPSA) is 104 Å². The summed E-state index contributed by atoms with van der Waals surface area (Å²) in [6.45, 7) is 8.25. The molecular weight excluding hydrogens is 376 g/mol. The van der Waals surface area contributed by atoms with Crippen LogP contribution >= 0.6 is 11.8 Å². The predicted octanol–water partition coefficient (Wildman–Crippen LogP) is 1.20. The summed E-state index contributed by atoms with van der Waals surface area (Å²) in [7, 11) is 1.89. The van der Waals surface area contributed by atoms with Crippen LogP contribution in [-0.4, -0.2) is 78.5 Å². The number of rotatable bonds is 5. The van der Waals surface area contributed by atoms with E-state index in [4.69, 9.17) is 18.9 Å². The van der Waals surface area contributed by atoms with E-state index in [2.05, 4.69) is 4.99 Å². The molecule has 0 aliphatic carbocycles. The molecule has 1 aliphatic rings. The number of aliphatic imine (C=N–C) groups is 1. The highest BCUT2D eigenvalue weighted by atomic mass is 32.2. The highest BCUT2D eigenvalue weighted by Crippen LogP contribution is 2.25. The Morgan fingerprint density at radius 3 is 2.33 bits per heavy atom. The Morgan fingerprint density at radius 2 is 1.81 bits per heavy atom. The monoisotopic (exact) mass is 404 g/mol. The largest absolute Gasteiger partial charge is 0.463 e. The van der Waals surface area contributed by atoms with Crippen molar-refractivity contribution in [3.8, 4) is 0 Å². The molecule has 0 aromatic carbocycles. The first kappa shape index (κ1) is 23.2. The van der Waals surface area contributed by atoms with Crippen molar-refractivity contribution >= 4 is 34.8 Å². The van der Waals surface area contributed by atoms with Crippen LogP contribution in [0.15, 0.2) is 4.99 Å². The fourth-order valence-electron chi connectivity index (χ4n) is 2.39. The van der Waals surface area contributed by atoms with Gasteiger partial charge in [-0.3, -0.25) is 19.4 Å². The lowest BCUT2D eigenvalue weighted by Gasteiger charge is -2.31. The summed E-state index contributed by atoms with van der Waals surface area (Å²) in [6, 6.07) is 0. The first-order valence-corrected chi connectivity index (χ1v) is 9.57. The Bertz CT molecular complexity index is 569. The highest BCUT2D eigenvalue weighted by Gasteiger charge is 2.38. The van der Waals surface area contributed by atoms with Gasteiger partial charge in [-0.25, -0.2) is 0 Å². The molecule has 27 heavy (non-hydrogen) atoms. The first-order valence-electron chi connectivity index (χ1n) is 8.69. The van der Waals surface area contributed by atoms with Gasteiger partial charge in [0, 0.05) is 34.4 Å². The van der Waals surface area contributed by atoms with Gasteiger partial charge >= 0.3 is 17.9 Å². The summed E-state index contributed by atoms with van der Waals surface area (Å²) in [5, 5.41) is 0.705. The zero-order valence-electron chi connectivity index (χ0n) is 16.6. The number of thioether (sulfide) groups is 1. The number of esters is 3. The smallest absolute Gasteiger partial charge is 0.303 e. The number of amidine groups is 1. The van der Waals surface area contributed by atoms with Gasteiger partial charge in [0.25, 0.3) is 0 Å². The number of nitrogens with zero attached hydrogens (tertiary/aromatic N) is 2. The van der Waals surface area contributed by atoms with Crippen molar-refractivity contribution in [3.63, 3.8) is 0 Å². The molecule has 0 fully saturated rings. The van der Waals surface area contributed by atoms with Crippen molar-refractivity contribution in [1.82, 2.24) is 4.90 Å². The molecule has 4 atom stereocenters. The molecule has 0 aromatic rings. The van der Waals surface area contributed by atoms with Gasteiger partial charge in [0.2, 0.25) is 0 Å². The van der Waals surface area contributed by atoms with Crippen molar-refractivity contribution < 1.29 is 33.3 Å². The number of hydrogen-bond acceptors (Lipinski definition) is 10. The SMILES string of the molecule is CCN(C)/C1=N/C[C@@H](OC(C)=O)[C@H](OC(C)=O)[C@@H](COC(C)=O)OC(C)S1. The molecule has 0 bridgehead atoms. The predicted molar refractivity (Wildman–Crippen MR) is 100 cm³/mol. The van der Waals surface area contributed by atoms with E-state index in [1.54, 1.807) is 0 Å². The average molecular weight is 404 g/mol. The third-order valence-electron chi connectivity index (χ3n) is 3.65. The van der Waals surface area contributed by atoms with E-state index in [0.717, 1.165) is 6.54 Å². The third kappa shape index (κ3) is 8.17. The molecule has 0 amide bonds. The van der Waals surface area contributed by atoms with E-state index in [1.165, 1.54) is 32.5 Å². The maximum atomic E-state index is 11.6. The minimum Gasteiger partial charge on any atom is -0.463 e. The van der Waals surface area contributed by atoms with Gasteiger partial charge in [-0.15, -0.1) is 0 Å². The summed E-state index contributed by atoms with van der Waals surface area (Å²) in [5.74, 6) is -1.60. The van der Waals surface area contributed by atoms with Gasteiger partial charge in [0.1, 0.15) is 18.1 Å². The fourth-order valence-corrected chi connectivity index (χ4v) is 3.34. The van der Waals surface area contributed by atoms with Gasteiger partial charge in [-0.1, -0.05) is 11.8 Å². The summed E-state index contributed by atoms with van der Waals surface area (Å²) >= 11 is 1.38. The molecule has 1 unspecified atom stereocenters. The van der Waals surface area contributed by atoms with Crippen molar-refractivity contribution in [2.45, 2.75) is 58.4 Å². The standard InChI is InChI=1S/C17H28N2O7S/c1-7-19(6)17-18-8-14(24-11(3)21)16(25-12(4)22)15(9-23-10(2)20)26-13(5)27-17/h13-16H,7-9H2,1-6H3/b18-17-/t13?,14-,15-,16+/m1/s1. The maximum Gasteiger partial charge on any atom is 0.303 e. The molecule has 0 spiro atoms. The van der Waals surface area contributed by atoms with Crippen LogP contribution in [0.3, 0.4) is 0 Å². The summed E-state index contributed by atoms with van der Waals surface area (Å²) in [4.78, 5) is 40.9. The van der Waals surface area contributed by atoms with Crippen molar-refractivity contribution in [2.24, 2.45) is 4.99 Å². The fraction of sp³-hybridized carbons (Fsp3) is 0.765. The second kappa shape index (κ2) is 11.1. The lowest BCUT2D eigenvalue weighted by atomic mass is 10.1. The minimum atomic E-state index is -0.969. The molecule has 0 saturated carbocycles. The number of ether oxygens (including phenoxy) is 4. The first-order chi connectivity index (χ1) is 12.6. The molecule has 0 radical (unpaired) electrons. The maximum absolute atomic E-state index is 11.6. The van der Waals surface area contributed by atoms with E-state index >= 15 is 0 Å². The van der Waals surface area contributed by atoms with Crippen LogP contribution in [0.2, 0.25) is 0 Å². The lowest BCUT2D eigenvalue weighted by molar-refractivity contribution is -0.184. The molecule has 10 heteroatoms. The van der Waals surface area contributed by atoms with E-state index in [0.29, 0.717) is 5.17 Å². The Morgan fingerprint density at radius 1 is 1.19 bits per heavy atom. The third-order valence-corrected chi connectivity index (χ3v) is 4.74. The summed E-state index contributed by atoms with van der Waals surface area (Å²) in [6.07, 6.45) is -2.66.